The van der Waals surface area contributed by atoms with E-state index >= 15 is 0 Å². The van der Waals surface area contributed by atoms with E-state index in [0.717, 1.165) is 16.7 Å². The van der Waals surface area contributed by atoms with Crippen molar-refractivity contribution in [3.05, 3.63) is 107 Å². The van der Waals surface area contributed by atoms with Crippen molar-refractivity contribution in [3.63, 3.8) is 0 Å². The third-order valence-corrected chi connectivity index (χ3v) is 4.35. The van der Waals surface area contributed by atoms with Gasteiger partial charge in [0.2, 0.25) is 5.91 Å². The highest BCUT2D eigenvalue weighted by atomic mass is 35.5. The second-order valence-corrected chi connectivity index (χ2v) is 6.48. The second kappa shape index (κ2) is 9.18. The number of hydrogen-bond donors (Lipinski definition) is 2. The van der Waals surface area contributed by atoms with Crippen LogP contribution < -0.4 is 10.6 Å². The molecule has 0 bridgehead atoms. The van der Waals surface area contributed by atoms with Crippen LogP contribution in [-0.2, 0) is 11.3 Å². The van der Waals surface area contributed by atoms with Crippen molar-refractivity contribution < 1.29 is 4.79 Å². The van der Waals surface area contributed by atoms with E-state index in [2.05, 4.69) is 10.6 Å². The number of rotatable bonds is 7. The smallest absolute Gasteiger partial charge is 0.234 e. The van der Waals surface area contributed by atoms with Crippen LogP contribution in [0.3, 0.4) is 0 Å². The molecule has 4 heteroatoms. The summed E-state index contributed by atoms with van der Waals surface area (Å²) in [6.45, 7) is 0.743. The Kier molecular flexibility index (Phi) is 6.42. The molecule has 0 saturated carbocycles. The van der Waals surface area contributed by atoms with E-state index in [0.29, 0.717) is 11.6 Å². The Morgan fingerprint density at radius 1 is 0.846 bits per heavy atom. The SMILES string of the molecule is O=C(CNC(c1ccccc1)c1cccc(Cl)c1)NCc1ccccc1. The fourth-order valence-corrected chi connectivity index (χ4v) is 3.01. The lowest BCUT2D eigenvalue weighted by Gasteiger charge is -2.20. The standard InChI is InChI=1S/C22H21ClN2O/c23-20-13-7-12-19(14-20)22(18-10-5-2-6-11-18)25-16-21(26)24-15-17-8-3-1-4-9-17/h1-14,22,25H,15-16H2,(H,24,26). The van der Waals surface area contributed by atoms with Crippen molar-refractivity contribution in [2.24, 2.45) is 0 Å². The molecule has 0 saturated heterocycles. The van der Waals surface area contributed by atoms with Crippen LogP contribution in [0.25, 0.3) is 0 Å². The zero-order valence-electron chi connectivity index (χ0n) is 14.4. The number of halogens is 1. The molecule has 1 amide bonds. The molecule has 3 nitrogen and oxygen atoms in total. The molecule has 0 spiro atoms. The van der Waals surface area contributed by atoms with Crippen molar-refractivity contribution in [3.8, 4) is 0 Å². The molecule has 3 rings (SSSR count). The topological polar surface area (TPSA) is 41.1 Å². The lowest BCUT2D eigenvalue weighted by atomic mass is 9.99. The molecule has 0 radical (unpaired) electrons. The molecule has 0 fully saturated rings. The first-order valence-corrected chi connectivity index (χ1v) is 8.94. The maximum atomic E-state index is 12.3. The molecule has 3 aromatic carbocycles. The van der Waals surface area contributed by atoms with Gasteiger partial charge in [-0.25, -0.2) is 0 Å². The highest BCUT2D eigenvalue weighted by Gasteiger charge is 2.15. The van der Waals surface area contributed by atoms with Crippen LogP contribution in [0.1, 0.15) is 22.7 Å². The lowest BCUT2D eigenvalue weighted by molar-refractivity contribution is -0.120. The Morgan fingerprint density at radius 3 is 2.19 bits per heavy atom. The van der Waals surface area contributed by atoms with Crippen LogP contribution in [0.15, 0.2) is 84.9 Å². The summed E-state index contributed by atoms with van der Waals surface area (Å²) in [5.41, 5.74) is 3.19. The predicted octanol–water partition coefficient (Wildman–Crippen LogP) is 4.34. The monoisotopic (exact) mass is 364 g/mol. The van der Waals surface area contributed by atoms with Gasteiger partial charge in [0, 0.05) is 11.6 Å². The van der Waals surface area contributed by atoms with Crippen molar-refractivity contribution in [2.75, 3.05) is 6.54 Å². The van der Waals surface area contributed by atoms with E-state index in [1.807, 2.05) is 84.9 Å². The van der Waals surface area contributed by atoms with E-state index in [-0.39, 0.29) is 18.5 Å². The third-order valence-electron chi connectivity index (χ3n) is 4.11. The Bertz CT molecular complexity index is 837. The zero-order valence-corrected chi connectivity index (χ0v) is 15.1. The average molecular weight is 365 g/mol. The van der Waals surface area contributed by atoms with Gasteiger partial charge in [0.25, 0.3) is 0 Å². The minimum absolute atomic E-state index is 0.0446. The number of hydrogen-bond acceptors (Lipinski definition) is 2. The summed E-state index contributed by atoms with van der Waals surface area (Å²) >= 11 is 6.15. The molecule has 0 aliphatic carbocycles. The number of nitrogens with one attached hydrogen (secondary N) is 2. The maximum Gasteiger partial charge on any atom is 0.234 e. The van der Waals surface area contributed by atoms with E-state index < -0.39 is 0 Å². The van der Waals surface area contributed by atoms with Gasteiger partial charge in [-0.3, -0.25) is 10.1 Å². The summed E-state index contributed by atoms with van der Waals surface area (Å²) < 4.78 is 0. The fraction of sp³-hybridized carbons (Fsp3) is 0.136. The van der Waals surface area contributed by atoms with Gasteiger partial charge in [0.15, 0.2) is 0 Å². The largest absolute Gasteiger partial charge is 0.351 e. The Hall–Kier alpha value is -2.62. The minimum Gasteiger partial charge on any atom is -0.351 e. The highest BCUT2D eigenvalue weighted by molar-refractivity contribution is 6.30. The van der Waals surface area contributed by atoms with Crippen LogP contribution in [0, 0.1) is 0 Å². The molecule has 26 heavy (non-hydrogen) atoms. The molecule has 2 N–H and O–H groups in total. The first-order valence-electron chi connectivity index (χ1n) is 8.57. The maximum absolute atomic E-state index is 12.3. The van der Waals surface area contributed by atoms with Crippen LogP contribution >= 0.6 is 11.6 Å². The van der Waals surface area contributed by atoms with E-state index in [4.69, 9.17) is 11.6 Å². The summed E-state index contributed by atoms with van der Waals surface area (Å²) in [7, 11) is 0. The molecule has 0 heterocycles. The van der Waals surface area contributed by atoms with Crippen LogP contribution in [0.4, 0.5) is 0 Å². The van der Waals surface area contributed by atoms with Crippen LogP contribution in [0.2, 0.25) is 5.02 Å². The van der Waals surface area contributed by atoms with E-state index in [1.54, 1.807) is 0 Å². The predicted molar refractivity (Wildman–Crippen MR) is 106 cm³/mol. The average Bonchev–Trinajstić information content (AvgIpc) is 2.68. The molecule has 0 aliphatic rings. The van der Waals surface area contributed by atoms with E-state index in [9.17, 15) is 4.79 Å². The van der Waals surface area contributed by atoms with Gasteiger partial charge in [0.1, 0.15) is 0 Å². The summed E-state index contributed by atoms with van der Waals surface area (Å²) in [4.78, 5) is 12.3. The lowest BCUT2D eigenvalue weighted by Crippen LogP contribution is -2.35. The molecule has 132 valence electrons. The number of carbonyl (C=O) groups excluding carboxylic acids is 1. The van der Waals surface area contributed by atoms with Crippen LogP contribution in [-0.4, -0.2) is 12.5 Å². The third kappa shape index (κ3) is 5.19. The number of amides is 1. The Balaban J connectivity index is 1.65. The zero-order chi connectivity index (χ0) is 18.2. The molecule has 0 aromatic heterocycles. The minimum atomic E-state index is -0.0997. The van der Waals surface area contributed by atoms with Crippen molar-refractivity contribution in [2.45, 2.75) is 12.6 Å². The molecule has 1 unspecified atom stereocenters. The van der Waals surface area contributed by atoms with Gasteiger partial charge >= 0.3 is 0 Å². The summed E-state index contributed by atoms with van der Waals surface area (Å²) in [5, 5.41) is 6.97. The van der Waals surface area contributed by atoms with Gasteiger partial charge in [0.05, 0.1) is 12.6 Å². The van der Waals surface area contributed by atoms with Gasteiger partial charge in [-0.15, -0.1) is 0 Å². The van der Waals surface area contributed by atoms with Gasteiger partial charge in [-0.2, -0.15) is 0 Å². The summed E-state index contributed by atoms with van der Waals surface area (Å²) in [5.74, 6) is -0.0446. The Morgan fingerprint density at radius 2 is 1.50 bits per heavy atom. The Labute approximate surface area is 159 Å². The van der Waals surface area contributed by atoms with Gasteiger partial charge < -0.3 is 5.32 Å². The number of benzene rings is 3. The highest BCUT2D eigenvalue weighted by Crippen LogP contribution is 2.24. The van der Waals surface area contributed by atoms with E-state index in [1.165, 1.54) is 0 Å². The molecular formula is C22H21ClN2O. The summed E-state index contributed by atoms with van der Waals surface area (Å²) in [6.07, 6.45) is 0. The van der Waals surface area contributed by atoms with Crippen molar-refractivity contribution in [1.29, 1.82) is 0 Å². The summed E-state index contributed by atoms with van der Waals surface area (Å²) in [6, 6.07) is 27.5. The quantitative estimate of drug-likeness (QED) is 0.655. The van der Waals surface area contributed by atoms with Gasteiger partial charge in [-0.1, -0.05) is 84.4 Å². The van der Waals surface area contributed by atoms with Gasteiger partial charge in [-0.05, 0) is 28.8 Å². The van der Waals surface area contributed by atoms with Crippen LogP contribution in [0.5, 0.6) is 0 Å². The first kappa shape index (κ1) is 18.2. The molecular weight excluding hydrogens is 344 g/mol. The molecule has 0 aliphatic heterocycles. The normalized spacial score (nSPS) is 11.7. The fourth-order valence-electron chi connectivity index (χ4n) is 2.81. The number of carbonyl (C=O) groups is 1. The second-order valence-electron chi connectivity index (χ2n) is 6.04. The van der Waals surface area contributed by atoms with Crippen molar-refractivity contribution in [1.82, 2.24) is 10.6 Å². The van der Waals surface area contributed by atoms with Crippen molar-refractivity contribution >= 4 is 17.5 Å². The first-order chi connectivity index (χ1) is 12.7. The molecule has 1 atom stereocenters. The molecule has 3 aromatic rings.